The zero-order chi connectivity index (χ0) is 19.1. The number of amides is 1. The molecule has 0 aromatic heterocycles. The number of rotatable bonds is 5. The van der Waals surface area contributed by atoms with Crippen molar-refractivity contribution in [3.8, 4) is 0 Å². The lowest BCUT2D eigenvalue weighted by Crippen LogP contribution is -2.46. The third-order valence-electron chi connectivity index (χ3n) is 4.45. The van der Waals surface area contributed by atoms with Gasteiger partial charge in [-0.1, -0.05) is 23.7 Å². The van der Waals surface area contributed by atoms with E-state index in [1.54, 1.807) is 24.3 Å². The molecule has 1 heterocycles. The summed E-state index contributed by atoms with van der Waals surface area (Å²) in [6.07, 6.45) is 0.221. The number of aliphatic carboxylic acids is 1. The summed E-state index contributed by atoms with van der Waals surface area (Å²) in [7, 11) is -3.93. The Morgan fingerprint density at radius 3 is 2.62 bits per heavy atom. The highest BCUT2D eigenvalue weighted by Crippen LogP contribution is 2.24. The van der Waals surface area contributed by atoms with Crippen molar-refractivity contribution >= 4 is 44.3 Å². The van der Waals surface area contributed by atoms with Gasteiger partial charge in [0, 0.05) is 11.6 Å². The zero-order valence-corrected chi connectivity index (χ0v) is 15.4. The second-order valence-electron chi connectivity index (χ2n) is 6.16. The van der Waals surface area contributed by atoms with Gasteiger partial charge in [-0.15, -0.1) is 0 Å². The molecule has 0 bridgehead atoms. The second-order valence-corrected chi connectivity index (χ2v) is 8.31. The number of hydrogen-bond acceptors (Lipinski definition) is 4. The number of hydrogen-bond donors (Lipinski definition) is 2. The fourth-order valence-corrected chi connectivity index (χ4v) is 4.39. The number of carboxylic acid groups (broad SMARTS) is 1. The molecule has 2 aromatic rings. The van der Waals surface area contributed by atoms with Gasteiger partial charge >= 0.3 is 5.97 Å². The van der Waals surface area contributed by atoms with Gasteiger partial charge in [-0.25, -0.2) is 13.2 Å². The molecule has 1 fully saturated rings. The minimum absolute atomic E-state index is 0.0323. The van der Waals surface area contributed by atoms with Crippen molar-refractivity contribution in [2.75, 3.05) is 6.54 Å². The first-order chi connectivity index (χ1) is 12.2. The third kappa shape index (κ3) is 3.53. The summed E-state index contributed by atoms with van der Waals surface area (Å²) >= 11 is 5.92. The predicted octanol–water partition coefficient (Wildman–Crippen LogP) is 1.85. The highest BCUT2D eigenvalue weighted by atomic mass is 35.5. The molecule has 9 heteroatoms. The molecule has 0 aliphatic carbocycles. The number of carboxylic acids is 1. The van der Waals surface area contributed by atoms with E-state index in [1.807, 2.05) is 0 Å². The Morgan fingerprint density at radius 2 is 1.92 bits per heavy atom. The first kappa shape index (κ1) is 18.6. The Kier molecular flexibility index (Phi) is 4.92. The fourth-order valence-electron chi connectivity index (χ4n) is 2.95. The first-order valence-electron chi connectivity index (χ1n) is 7.94. The Hall–Kier alpha value is -2.16. The lowest BCUT2D eigenvalue weighted by Gasteiger charge is -2.21. The van der Waals surface area contributed by atoms with Crippen LogP contribution < -0.4 is 4.72 Å². The molecule has 2 unspecified atom stereocenters. The van der Waals surface area contributed by atoms with Gasteiger partial charge < -0.3 is 10.0 Å². The van der Waals surface area contributed by atoms with Crippen molar-refractivity contribution in [2.45, 2.75) is 30.3 Å². The number of likely N-dealkylation sites (tertiary alicyclic amines) is 1. The monoisotopic (exact) mass is 396 g/mol. The van der Waals surface area contributed by atoms with Crippen molar-refractivity contribution in [2.24, 2.45) is 0 Å². The summed E-state index contributed by atoms with van der Waals surface area (Å²) in [5, 5.41) is 11.1. The molecule has 1 aliphatic rings. The molecular weight excluding hydrogens is 380 g/mol. The van der Waals surface area contributed by atoms with Gasteiger partial charge in [0.05, 0.1) is 4.90 Å². The second kappa shape index (κ2) is 6.86. The molecular formula is C17H17ClN2O5S. The van der Waals surface area contributed by atoms with E-state index in [9.17, 15) is 18.0 Å². The largest absolute Gasteiger partial charge is 0.480 e. The predicted molar refractivity (Wildman–Crippen MR) is 96.5 cm³/mol. The Bertz CT molecular complexity index is 992. The van der Waals surface area contributed by atoms with Gasteiger partial charge in [-0.2, -0.15) is 4.72 Å². The average molecular weight is 397 g/mol. The third-order valence-corrected chi connectivity index (χ3v) is 6.15. The summed E-state index contributed by atoms with van der Waals surface area (Å²) in [5.74, 6) is -1.66. The van der Waals surface area contributed by atoms with Crippen LogP contribution in [0.15, 0.2) is 41.3 Å². The number of halogens is 1. The number of nitrogens with one attached hydrogen (secondary N) is 1. The minimum Gasteiger partial charge on any atom is -0.480 e. The Balaban J connectivity index is 1.82. The first-order valence-corrected chi connectivity index (χ1v) is 9.80. The van der Waals surface area contributed by atoms with Crippen LogP contribution in [0.5, 0.6) is 0 Å². The van der Waals surface area contributed by atoms with Gasteiger partial charge in [0.25, 0.3) is 0 Å². The molecule has 7 nitrogen and oxygen atoms in total. The zero-order valence-electron chi connectivity index (χ0n) is 13.8. The SMILES string of the molecule is CC(C(=O)O)N1CCC(NS(=O)(=O)c2ccc3cc(Cl)ccc3c2)C1=O. The van der Waals surface area contributed by atoms with E-state index >= 15 is 0 Å². The maximum atomic E-state index is 12.6. The molecule has 1 amide bonds. The highest BCUT2D eigenvalue weighted by molar-refractivity contribution is 7.89. The van der Waals surface area contributed by atoms with Crippen LogP contribution in [0.2, 0.25) is 5.02 Å². The number of sulfonamides is 1. The molecule has 3 rings (SSSR count). The summed E-state index contributed by atoms with van der Waals surface area (Å²) in [5.41, 5.74) is 0. The van der Waals surface area contributed by atoms with Crippen molar-refractivity contribution in [1.82, 2.24) is 9.62 Å². The van der Waals surface area contributed by atoms with Crippen LogP contribution in [0.25, 0.3) is 10.8 Å². The number of benzene rings is 2. The van der Waals surface area contributed by atoms with Crippen molar-refractivity contribution in [1.29, 1.82) is 0 Å². The standard InChI is InChI=1S/C17H17ClN2O5S/c1-10(17(22)23)20-7-6-15(16(20)21)19-26(24,25)14-5-3-11-8-13(18)4-2-12(11)9-14/h2-5,8-10,15,19H,6-7H2,1H3,(H,22,23). The lowest BCUT2D eigenvalue weighted by atomic mass is 10.1. The van der Waals surface area contributed by atoms with Gasteiger partial charge in [0.2, 0.25) is 15.9 Å². The maximum Gasteiger partial charge on any atom is 0.326 e. The van der Waals surface area contributed by atoms with Crippen LogP contribution in [0, 0.1) is 0 Å². The molecule has 1 saturated heterocycles. The summed E-state index contributed by atoms with van der Waals surface area (Å²) in [6, 6.07) is 7.73. The smallest absolute Gasteiger partial charge is 0.326 e. The summed E-state index contributed by atoms with van der Waals surface area (Å²) in [4.78, 5) is 24.6. The van der Waals surface area contributed by atoms with E-state index < -0.39 is 34.0 Å². The van der Waals surface area contributed by atoms with E-state index in [-0.39, 0.29) is 17.9 Å². The molecule has 138 valence electrons. The Morgan fingerprint density at radius 1 is 1.27 bits per heavy atom. The fraction of sp³-hybridized carbons (Fsp3) is 0.294. The number of carbonyl (C=O) groups excluding carboxylic acids is 1. The van der Waals surface area contributed by atoms with E-state index in [2.05, 4.69) is 4.72 Å². The molecule has 0 saturated carbocycles. The molecule has 1 aliphatic heterocycles. The van der Waals surface area contributed by atoms with Crippen LogP contribution in [0.4, 0.5) is 0 Å². The molecule has 2 aromatic carbocycles. The van der Waals surface area contributed by atoms with Crippen LogP contribution in [-0.2, 0) is 19.6 Å². The molecule has 26 heavy (non-hydrogen) atoms. The van der Waals surface area contributed by atoms with E-state index in [0.717, 1.165) is 10.3 Å². The van der Waals surface area contributed by atoms with Crippen molar-refractivity contribution < 1.29 is 23.1 Å². The van der Waals surface area contributed by atoms with Gasteiger partial charge in [-0.05, 0) is 48.4 Å². The summed E-state index contributed by atoms with van der Waals surface area (Å²) in [6.45, 7) is 1.58. The molecule has 0 spiro atoms. The van der Waals surface area contributed by atoms with E-state index in [1.165, 1.54) is 19.1 Å². The number of fused-ring (bicyclic) bond motifs is 1. The molecule has 2 N–H and O–H groups in total. The van der Waals surface area contributed by atoms with E-state index in [4.69, 9.17) is 16.7 Å². The van der Waals surface area contributed by atoms with Crippen LogP contribution in [0.3, 0.4) is 0 Å². The van der Waals surface area contributed by atoms with Crippen LogP contribution >= 0.6 is 11.6 Å². The molecule has 2 atom stereocenters. The van der Waals surface area contributed by atoms with E-state index in [0.29, 0.717) is 10.4 Å². The normalized spacial score (nSPS) is 19.1. The molecule has 0 radical (unpaired) electrons. The minimum atomic E-state index is -3.93. The average Bonchev–Trinajstić information content (AvgIpc) is 2.93. The lowest BCUT2D eigenvalue weighted by molar-refractivity contribution is -0.147. The van der Waals surface area contributed by atoms with Crippen LogP contribution in [0.1, 0.15) is 13.3 Å². The number of nitrogens with zero attached hydrogens (tertiary/aromatic N) is 1. The van der Waals surface area contributed by atoms with Crippen LogP contribution in [-0.4, -0.2) is 48.9 Å². The highest BCUT2D eigenvalue weighted by Gasteiger charge is 2.39. The van der Waals surface area contributed by atoms with Gasteiger partial charge in [-0.3, -0.25) is 4.79 Å². The van der Waals surface area contributed by atoms with Crippen molar-refractivity contribution in [3.05, 3.63) is 41.4 Å². The quantitative estimate of drug-likeness (QED) is 0.802. The van der Waals surface area contributed by atoms with Gasteiger partial charge in [0.1, 0.15) is 12.1 Å². The maximum absolute atomic E-state index is 12.6. The van der Waals surface area contributed by atoms with Crippen molar-refractivity contribution in [3.63, 3.8) is 0 Å². The Labute approximate surface area is 155 Å². The topological polar surface area (TPSA) is 104 Å². The number of carbonyl (C=O) groups is 2. The summed E-state index contributed by atoms with van der Waals surface area (Å²) < 4.78 is 27.6. The van der Waals surface area contributed by atoms with Gasteiger partial charge in [0.15, 0.2) is 0 Å².